The molecule has 0 saturated heterocycles. The van der Waals surface area contributed by atoms with Crippen LogP contribution >= 0.6 is 0 Å². The van der Waals surface area contributed by atoms with Gasteiger partial charge in [-0.1, -0.05) is 259 Å². The highest BCUT2D eigenvalue weighted by atomic mass is 16.6. The number of allylic oxidation sites excluding steroid dienone is 16. The van der Waals surface area contributed by atoms with Crippen LogP contribution in [0.5, 0.6) is 0 Å². The third kappa shape index (κ3) is 57.1. The molecule has 6 heteroatoms. The minimum absolute atomic E-state index is 0.0800. The summed E-state index contributed by atoms with van der Waals surface area (Å²) in [7, 11) is 0. The quantitative estimate of drug-likeness (QED) is 0.0261. The van der Waals surface area contributed by atoms with E-state index in [1.54, 1.807) is 0 Å². The van der Waals surface area contributed by atoms with Crippen molar-refractivity contribution in [1.82, 2.24) is 0 Å². The van der Waals surface area contributed by atoms with Gasteiger partial charge in [0.15, 0.2) is 6.10 Å². The maximum Gasteiger partial charge on any atom is 0.306 e. The highest BCUT2D eigenvalue weighted by Gasteiger charge is 2.19. The fourth-order valence-corrected chi connectivity index (χ4v) is 8.19. The number of carbonyl (C=O) groups excluding carboxylic acids is 3. The maximum atomic E-state index is 12.8. The minimum Gasteiger partial charge on any atom is -0.462 e. The van der Waals surface area contributed by atoms with Gasteiger partial charge in [0.2, 0.25) is 0 Å². The summed E-state index contributed by atoms with van der Waals surface area (Å²) >= 11 is 0. The number of unbranched alkanes of at least 4 members (excludes halogenated alkanes) is 26. The molecule has 0 N–H and O–H groups in total. The van der Waals surface area contributed by atoms with Crippen molar-refractivity contribution in [3.8, 4) is 0 Å². The lowest BCUT2D eigenvalue weighted by molar-refractivity contribution is -0.167. The van der Waals surface area contributed by atoms with Crippen LogP contribution in [0.4, 0.5) is 0 Å². The summed E-state index contributed by atoms with van der Waals surface area (Å²) in [6.07, 6.45) is 78.6. The van der Waals surface area contributed by atoms with E-state index >= 15 is 0 Å². The number of hydrogen-bond donors (Lipinski definition) is 0. The molecule has 0 amide bonds. The predicted octanol–water partition coefficient (Wildman–Crippen LogP) is 20.1. The van der Waals surface area contributed by atoms with Gasteiger partial charge in [-0.3, -0.25) is 14.4 Å². The number of hydrogen-bond acceptors (Lipinski definition) is 6. The van der Waals surface area contributed by atoms with Gasteiger partial charge in [-0.25, -0.2) is 0 Å². The van der Waals surface area contributed by atoms with Crippen LogP contribution in [0.25, 0.3) is 0 Å². The SMILES string of the molecule is CC/C=C\C/C=C\C/C=C\C/C=C\C/C=C\CCCCCCCCCCCCCCCC(=O)OCC(COC(=O)CCCCCCCCC)OC(=O)CCCCCCCCC/C=C\C/C=C\C/C=C\CC. The molecule has 406 valence electrons. The summed E-state index contributed by atoms with van der Waals surface area (Å²) in [6.45, 7) is 6.37. The molecule has 0 bridgehead atoms. The minimum atomic E-state index is -0.780. The van der Waals surface area contributed by atoms with Crippen LogP contribution in [0.3, 0.4) is 0 Å². The summed E-state index contributed by atoms with van der Waals surface area (Å²) in [5.41, 5.74) is 0. The largest absolute Gasteiger partial charge is 0.462 e. The molecule has 0 aliphatic heterocycles. The highest BCUT2D eigenvalue weighted by Crippen LogP contribution is 2.16. The average Bonchev–Trinajstić information content (AvgIpc) is 3.37. The van der Waals surface area contributed by atoms with Crippen LogP contribution < -0.4 is 0 Å². The van der Waals surface area contributed by atoms with Gasteiger partial charge in [0.1, 0.15) is 13.2 Å². The number of rotatable bonds is 53. The zero-order valence-corrected chi connectivity index (χ0v) is 46.5. The first-order chi connectivity index (χ1) is 35.0. The Hall–Kier alpha value is -3.67. The first-order valence-electron chi connectivity index (χ1n) is 29.7. The molecule has 0 fully saturated rings. The first-order valence-corrected chi connectivity index (χ1v) is 29.7. The van der Waals surface area contributed by atoms with E-state index in [9.17, 15) is 14.4 Å². The second-order valence-corrected chi connectivity index (χ2v) is 19.5. The third-order valence-electron chi connectivity index (χ3n) is 12.6. The Labute approximate surface area is 438 Å². The Balaban J connectivity index is 4.12. The molecular formula is C65H110O6. The first kappa shape index (κ1) is 67.3. The lowest BCUT2D eigenvalue weighted by Gasteiger charge is -2.18. The van der Waals surface area contributed by atoms with Crippen LogP contribution in [0.1, 0.15) is 278 Å². The Morgan fingerprint density at radius 2 is 0.549 bits per heavy atom. The number of ether oxygens (including phenoxy) is 3. The van der Waals surface area contributed by atoms with Crippen LogP contribution in [0.15, 0.2) is 97.2 Å². The van der Waals surface area contributed by atoms with Gasteiger partial charge in [0.25, 0.3) is 0 Å². The average molecular weight is 988 g/mol. The van der Waals surface area contributed by atoms with Crippen molar-refractivity contribution in [2.45, 2.75) is 284 Å². The van der Waals surface area contributed by atoms with Crippen molar-refractivity contribution >= 4 is 17.9 Å². The van der Waals surface area contributed by atoms with E-state index in [-0.39, 0.29) is 31.1 Å². The van der Waals surface area contributed by atoms with Crippen molar-refractivity contribution in [2.24, 2.45) is 0 Å². The van der Waals surface area contributed by atoms with Gasteiger partial charge in [-0.15, -0.1) is 0 Å². The Morgan fingerprint density at radius 1 is 0.296 bits per heavy atom. The van der Waals surface area contributed by atoms with E-state index < -0.39 is 6.10 Å². The molecule has 0 rings (SSSR count). The number of carbonyl (C=O) groups is 3. The zero-order valence-electron chi connectivity index (χ0n) is 46.5. The molecule has 0 aliphatic carbocycles. The van der Waals surface area contributed by atoms with Crippen molar-refractivity contribution in [1.29, 1.82) is 0 Å². The van der Waals surface area contributed by atoms with Gasteiger partial charge < -0.3 is 14.2 Å². The second-order valence-electron chi connectivity index (χ2n) is 19.5. The standard InChI is InChI=1S/C65H110O6/c1-4-7-10-13-16-18-20-22-24-26-27-28-29-30-31-32-33-34-35-36-37-39-40-42-44-46-49-52-55-58-64(67)70-61-62(60-69-63(66)57-54-51-48-15-12-9-6-3)71-65(68)59-56-53-50-47-45-43-41-38-25-23-21-19-17-14-11-8-5-2/h7-8,10-11,16-19,22-25,27-28,30-31,62H,4-6,9,12-15,20-21,26,29,32-61H2,1-3H3/b10-7-,11-8-,18-16-,19-17-,24-22-,25-23-,28-27-,31-30-. The lowest BCUT2D eigenvalue weighted by atomic mass is 10.0. The summed E-state index contributed by atoms with van der Waals surface area (Å²) in [5.74, 6) is -0.893. The van der Waals surface area contributed by atoms with Gasteiger partial charge >= 0.3 is 17.9 Å². The third-order valence-corrected chi connectivity index (χ3v) is 12.6. The molecule has 1 unspecified atom stereocenters. The Bertz CT molecular complexity index is 1410. The van der Waals surface area contributed by atoms with E-state index in [0.29, 0.717) is 19.3 Å². The molecule has 0 radical (unpaired) electrons. The fraction of sp³-hybridized carbons (Fsp3) is 0.708. The summed E-state index contributed by atoms with van der Waals surface area (Å²) in [5, 5.41) is 0. The van der Waals surface area contributed by atoms with Crippen molar-refractivity contribution in [3.63, 3.8) is 0 Å². The highest BCUT2D eigenvalue weighted by molar-refractivity contribution is 5.71. The van der Waals surface area contributed by atoms with E-state index in [4.69, 9.17) is 14.2 Å². The maximum absolute atomic E-state index is 12.8. The normalized spacial score (nSPS) is 12.8. The summed E-state index contributed by atoms with van der Waals surface area (Å²) in [6, 6.07) is 0. The molecule has 0 spiro atoms. The lowest BCUT2D eigenvalue weighted by Crippen LogP contribution is -2.30. The van der Waals surface area contributed by atoms with Crippen LogP contribution in [0, 0.1) is 0 Å². The molecule has 6 nitrogen and oxygen atoms in total. The van der Waals surface area contributed by atoms with E-state index in [1.165, 1.54) is 122 Å². The topological polar surface area (TPSA) is 78.9 Å². The van der Waals surface area contributed by atoms with Crippen LogP contribution in [-0.4, -0.2) is 37.2 Å². The van der Waals surface area contributed by atoms with Gasteiger partial charge in [0.05, 0.1) is 0 Å². The predicted molar refractivity (Wildman–Crippen MR) is 307 cm³/mol. The van der Waals surface area contributed by atoms with E-state index in [2.05, 4.69) is 118 Å². The van der Waals surface area contributed by atoms with Crippen molar-refractivity contribution < 1.29 is 28.6 Å². The van der Waals surface area contributed by atoms with E-state index in [0.717, 1.165) is 116 Å². The zero-order chi connectivity index (χ0) is 51.4. The van der Waals surface area contributed by atoms with Gasteiger partial charge in [-0.2, -0.15) is 0 Å². The Morgan fingerprint density at radius 3 is 0.859 bits per heavy atom. The van der Waals surface area contributed by atoms with Gasteiger partial charge in [0, 0.05) is 19.3 Å². The molecule has 1 atom stereocenters. The molecule has 0 aromatic heterocycles. The molecular weight excluding hydrogens is 877 g/mol. The fourth-order valence-electron chi connectivity index (χ4n) is 8.19. The molecule has 0 aromatic carbocycles. The van der Waals surface area contributed by atoms with Crippen LogP contribution in [0.2, 0.25) is 0 Å². The summed E-state index contributed by atoms with van der Waals surface area (Å²) < 4.78 is 16.8. The second kappa shape index (κ2) is 58.9. The molecule has 0 heterocycles. The molecule has 0 saturated carbocycles. The molecule has 0 aromatic rings. The smallest absolute Gasteiger partial charge is 0.306 e. The summed E-state index contributed by atoms with van der Waals surface area (Å²) in [4.78, 5) is 38.0. The molecule has 0 aliphatic rings. The van der Waals surface area contributed by atoms with E-state index in [1.807, 2.05) is 0 Å². The molecule has 71 heavy (non-hydrogen) atoms. The Kier molecular flexibility index (Phi) is 55.9. The number of esters is 3. The van der Waals surface area contributed by atoms with Crippen LogP contribution in [-0.2, 0) is 28.6 Å². The van der Waals surface area contributed by atoms with Gasteiger partial charge in [-0.05, 0) is 96.3 Å². The van der Waals surface area contributed by atoms with Crippen molar-refractivity contribution in [2.75, 3.05) is 13.2 Å². The van der Waals surface area contributed by atoms with Crippen molar-refractivity contribution in [3.05, 3.63) is 97.2 Å². The monoisotopic (exact) mass is 987 g/mol.